The molecule has 2 heteroatoms. The zero-order valence-electron chi connectivity index (χ0n) is 7.42. The molecule has 0 aliphatic heterocycles. The van der Waals surface area contributed by atoms with Gasteiger partial charge in [0.25, 0.3) is 0 Å². The summed E-state index contributed by atoms with van der Waals surface area (Å²) < 4.78 is 0. The van der Waals surface area contributed by atoms with Gasteiger partial charge < -0.3 is 4.90 Å². The van der Waals surface area contributed by atoms with Crippen molar-refractivity contribution in [3.63, 3.8) is 0 Å². The Balaban J connectivity index is 4.20. The van der Waals surface area contributed by atoms with Crippen molar-refractivity contribution >= 4 is 11.8 Å². The predicted molar refractivity (Wildman–Crippen MR) is 54.4 cm³/mol. The molecule has 11 heavy (non-hydrogen) atoms. The van der Waals surface area contributed by atoms with Crippen LogP contribution in [0.4, 0.5) is 0 Å². The molecule has 62 valence electrons. The van der Waals surface area contributed by atoms with Gasteiger partial charge in [0, 0.05) is 17.6 Å². The first-order valence-corrected chi connectivity index (χ1v) is 4.61. The van der Waals surface area contributed by atoms with Gasteiger partial charge in [-0.2, -0.15) is 0 Å². The second kappa shape index (κ2) is 5.08. The minimum Gasteiger partial charge on any atom is -0.355 e. The van der Waals surface area contributed by atoms with E-state index in [-0.39, 0.29) is 0 Å². The Morgan fingerprint density at radius 2 is 2.09 bits per heavy atom. The molecule has 0 saturated carbocycles. The predicted octanol–water partition coefficient (Wildman–Crippen LogP) is 2.84. The molecule has 0 bridgehead atoms. The molecule has 0 rings (SSSR count). The van der Waals surface area contributed by atoms with Crippen LogP contribution in [0.15, 0.2) is 36.0 Å². The molecule has 0 aromatic carbocycles. The average Bonchev–Trinajstić information content (AvgIpc) is 2.02. The first kappa shape index (κ1) is 10.4. The lowest BCUT2D eigenvalue weighted by Crippen LogP contribution is -2.06. The molecule has 1 nitrogen and oxygen atoms in total. The van der Waals surface area contributed by atoms with Gasteiger partial charge in [0.2, 0.25) is 0 Å². The highest BCUT2D eigenvalue weighted by atomic mass is 32.2. The number of thioether (sulfide) groups is 1. The van der Waals surface area contributed by atoms with Crippen LogP contribution in [0.2, 0.25) is 0 Å². The lowest BCUT2D eigenvalue weighted by Gasteiger charge is -2.13. The minimum atomic E-state index is 1.07. The molecular formula is C9H15NS. The van der Waals surface area contributed by atoms with E-state index in [1.54, 1.807) is 18.0 Å². The van der Waals surface area contributed by atoms with Crippen molar-refractivity contribution in [3.8, 4) is 0 Å². The number of rotatable bonds is 4. The smallest absolute Gasteiger partial charge is 0.0150 e. The molecule has 0 unspecified atom stereocenters. The molecular weight excluding hydrogens is 154 g/mol. The van der Waals surface area contributed by atoms with Crippen molar-refractivity contribution < 1.29 is 0 Å². The second-order valence-electron chi connectivity index (χ2n) is 2.25. The quantitative estimate of drug-likeness (QED) is 0.595. The summed E-state index contributed by atoms with van der Waals surface area (Å²) in [4.78, 5) is 3.03. The maximum atomic E-state index is 3.86. The van der Waals surface area contributed by atoms with Crippen LogP contribution < -0.4 is 0 Å². The summed E-state index contributed by atoms with van der Waals surface area (Å²) in [7, 11) is 1.96. The fraction of sp³-hybridized carbons (Fsp3) is 0.333. The van der Waals surface area contributed by atoms with Gasteiger partial charge in [-0.1, -0.05) is 13.2 Å². The van der Waals surface area contributed by atoms with Crippen LogP contribution in [-0.2, 0) is 0 Å². The molecule has 0 aromatic heterocycles. The van der Waals surface area contributed by atoms with E-state index in [0.29, 0.717) is 0 Å². The van der Waals surface area contributed by atoms with Crippen molar-refractivity contribution in [1.82, 2.24) is 4.90 Å². The van der Waals surface area contributed by atoms with Crippen molar-refractivity contribution in [2.24, 2.45) is 0 Å². The molecule has 0 N–H and O–H groups in total. The zero-order valence-corrected chi connectivity index (χ0v) is 8.24. The number of allylic oxidation sites excluding steroid dienone is 2. The summed E-state index contributed by atoms with van der Waals surface area (Å²) in [6.07, 6.45) is 5.83. The molecule has 0 aromatic rings. The number of hydrogen-bond donors (Lipinski definition) is 0. The van der Waals surface area contributed by atoms with Crippen LogP contribution >= 0.6 is 11.8 Å². The zero-order chi connectivity index (χ0) is 8.85. The average molecular weight is 169 g/mol. The largest absolute Gasteiger partial charge is 0.355 e. The molecule has 0 spiro atoms. The molecule has 0 amide bonds. The summed E-state index contributed by atoms with van der Waals surface area (Å²) in [5.74, 6) is 0. The Kier molecular flexibility index (Phi) is 4.79. The third kappa shape index (κ3) is 3.94. The van der Waals surface area contributed by atoms with Crippen molar-refractivity contribution in [2.45, 2.75) is 6.92 Å². The van der Waals surface area contributed by atoms with E-state index in [2.05, 4.69) is 13.2 Å². The van der Waals surface area contributed by atoms with Gasteiger partial charge in [0.1, 0.15) is 0 Å². The monoisotopic (exact) mass is 169 g/mol. The van der Waals surface area contributed by atoms with Gasteiger partial charge in [-0.15, -0.1) is 11.8 Å². The van der Waals surface area contributed by atoms with Crippen LogP contribution in [0.1, 0.15) is 6.92 Å². The van der Waals surface area contributed by atoms with Crippen molar-refractivity contribution in [2.75, 3.05) is 13.3 Å². The van der Waals surface area contributed by atoms with Crippen LogP contribution in [0.25, 0.3) is 0 Å². The molecule has 0 fully saturated rings. The van der Waals surface area contributed by atoms with E-state index in [0.717, 1.165) is 10.6 Å². The fourth-order valence-corrected chi connectivity index (χ4v) is 0.826. The third-order valence-electron chi connectivity index (χ3n) is 1.46. The number of hydrogen-bond acceptors (Lipinski definition) is 2. The molecule has 0 heterocycles. The molecule has 0 aliphatic carbocycles. The highest BCUT2D eigenvalue weighted by Gasteiger charge is 1.92. The fourth-order valence-electron chi connectivity index (χ4n) is 0.538. The Morgan fingerprint density at radius 3 is 2.45 bits per heavy atom. The summed E-state index contributed by atoms with van der Waals surface area (Å²) in [6.45, 7) is 9.55. The summed E-state index contributed by atoms with van der Waals surface area (Å²) in [5, 5.41) is 0. The van der Waals surface area contributed by atoms with Crippen LogP contribution in [0.5, 0.6) is 0 Å². The summed E-state index contributed by atoms with van der Waals surface area (Å²) in [6, 6.07) is 0. The van der Waals surface area contributed by atoms with Gasteiger partial charge in [-0.3, -0.25) is 0 Å². The van der Waals surface area contributed by atoms with Crippen molar-refractivity contribution in [1.29, 1.82) is 0 Å². The lowest BCUT2D eigenvalue weighted by molar-refractivity contribution is 0.572. The van der Waals surface area contributed by atoms with E-state index in [4.69, 9.17) is 0 Å². The first-order chi connectivity index (χ1) is 5.11. The maximum Gasteiger partial charge on any atom is 0.0150 e. The van der Waals surface area contributed by atoms with E-state index in [1.165, 1.54) is 0 Å². The van der Waals surface area contributed by atoms with Crippen LogP contribution in [0, 0.1) is 0 Å². The summed E-state index contributed by atoms with van der Waals surface area (Å²) in [5.41, 5.74) is 1.15. The van der Waals surface area contributed by atoms with E-state index in [1.807, 2.05) is 31.2 Å². The van der Waals surface area contributed by atoms with E-state index >= 15 is 0 Å². The Hall–Kier alpha value is -0.630. The SMILES string of the molecule is C=CN(C)/C(C)=C/C(=C)SC. The first-order valence-electron chi connectivity index (χ1n) is 3.38. The van der Waals surface area contributed by atoms with Gasteiger partial charge in [-0.25, -0.2) is 0 Å². The van der Waals surface area contributed by atoms with Gasteiger partial charge in [0.05, 0.1) is 0 Å². The third-order valence-corrected chi connectivity index (χ3v) is 2.10. The van der Waals surface area contributed by atoms with Gasteiger partial charge in [0.15, 0.2) is 0 Å². The second-order valence-corrected chi connectivity index (χ2v) is 3.18. The molecule has 0 aliphatic rings. The Labute approximate surface area is 73.5 Å². The molecule has 0 radical (unpaired) electrons. The minimum absolute atomic E-state index is 1.07. The normalized spacial score (nSPS) is 11.0. The van der Waals surface area contributed by atoms with Gasteiger partial charge in [-0.05, 0) is 25.5 Å². The van der Waals surface area contributed by atoms with Crippen LogP contribution in [0.3, 0.4) is 0 Å². The van der Waals surface area contributed by atoms with Gasteiger partial charge >= 0.3 is 0 Å². The Bertz CT molecular complexity index is 182. The molecule has 0 saturated heterocycles. The highest BCUT2D eigenvalue weighted by Crippen LogP contribution is 2.13. The standard InChI is InChI=1S/C9H15NS/c1-6-10(4)8(2)7-9(3)11-5/h6-7H,1,3H2,2,4-5H3/b8-7+. The van der Waals surface area contributed by atoms with E-state index in [9.17, 15) is 0 Å². The number of nitrogens with zero attached hydrogens (tertiary/aromatic N) is 1. The highest BCUT2D eigenvalue weighted by molar-refractivity contribution is 8.02. The lowest BCUT2D eigenvalue weighted by atomic mass is 10.4. The topological polar surface area (TPSA) is 3.24 Å². The van der Waals surface area contributed by atoms with Crippen molar-refractivity contribution in [3.05, 3.63) is 36.0 Å². The van der Waals surface area contributed by atoms with Crippen LogP contribution in [-0.4, -0.2) is 18.2 Å². The molecule has 0 atom stereocenters. The van der Waals surface area contributed by atoms with E-state index < -0.39 is 0 Å². The maximum absolute atomic E-state index is 3.86. The summed E-state index contributed by atoms with van der Waals surface area (Å²) >= 11 is 1.65. The Morgan fingerprint density at radius 1 is 1.55 bits per heavy atom.